The van der Waals surface area contributed by atoms with E-state index in [1.807, 2.05) is 18.2 Å². The Bertz CT molecular complexity index is 676. The number of hydrogen-bond donors (Lipinski definition) is 3. The van der Waals surface area contributed by atoms with E-state index in [1.165, 1.54) is 6.26 Å². The van der Waals surface area contributed by atoms with Crippen LogP contribution in [0.2, 0.25) is 0 Å². The summed E-state index contributed by atoms with van der Waals surface area (Å²) in [6, 6.07) is 5.77. The summed E-state index contributed by atoms with van der Waals surface area (Å²) in [6.45, 7) is 3.77. The number of nitrogens with one attached hydrogen (secondary N) is 3. The Morgan fingerprint density at radius 2 is 1.96 bits per heavy atom. The molecule has 8 heteroatoms. The van der Waals surface area contributed by atoms with E-state index >= 15 is 0 Å². The summed E-state index contributed by atoms with van der Waals surface area (Å²) in [6.07, 6.45) is 3.48. The highest BCUT2D eigenvalue weighted by atomic mass is 32.2. The van der Waals surface area contributed by atoms with Crippen LogP contribution < -0.4 is 20.1 Å². The van der Waals surface area contributed by atoms with Crippen LogP contribution in [-0.2, 0) is 21.4 Å². The lowest BCUT2D eigenvalue weighted by molar-refractivity contribution is -0.122. The van der Waals surface area contributed by atoms with Gasteiger partial charge in [-0.25, -0.2) is 13.1 Å². The van der Waals surface area contributed by atoms with E-state index in [1.54, 1.807) is 6.92 Å². The molecule has 1 atom stereocenters. The highest BCUT2D eigenvalue weighted by molar-refractivity contribution is 7.88. The van der Waals surface area contributed by atoms with Gasteiger partial charge in [0.1, 0.15) is 5.75 Å². The van der Waals surface area contributed by atoms with Crippen molar-refractivity contribution < 1.29 is 17.9 Å². The van der Waals surface area contributed by atoms with Gasteiger partial charge in [-0.2, -0.15) is 0 Å². The van der Waals surface area contributed by atoms with Gasteiger partial charge < -0.3 is 15.4 Å². The summed E-state index contributed by atoms with van der Waals surface area (Å²) in [4.78, 5) is 11.6. The number of rotatable bonds is 9. The Kier molecular flexibility index (Phi) is 6.59. The summed E-state index contributed by atoms with van der Waals surface area (Å²) in [7, 11) is -3.08. The lowest BCUT2D eigenvalue weighted by Crippen LogP contribution is -2.34. The van der Waals surface area contributed by atoms with Crippen molar-refractivity contribution in [2.24, 2.45) is 0 Å². The molecule has 0 bridgehead atoms. The van der Waals surface area contributed by atoms with E-state index in [2.05, 4.69) is 15.4 Å². The number of carbonyl (C=O) groups excluding carboxylic acids is 1. The third-order valence-electron chi connectivity index (χ3n) is 3.70. The summed E-state index contributed by atoms with van der Waals surface area (Å²) in [5.41, 5.74) is 1.79. The highest BCUT2D eigenvalue weighted by Gasteiger charge is 2.23. The van der Waals surface area contributed by atoms with E-state index in [0.717, 1.165) is 31.4 Å². The van der Waals surface area contributed by atoms with Crippen molar-refractivity contribution in [3.63, 3.8) is 0 Å². The summed E-state index contributed by atoms with van der Waals surface area (Å²) < 4.78 is 29.8. The van der Waals surface area contributed by atoms with Gasteiger partial charge in [0.2, 0.25) is 10.0 Å². The third kappa shape index (κ3) is 6.10. The third-order valence-corrected chi connectivity index (χ3v) is 4.43. The molecule has 1 amide bonds. The molecule has 0 radical (unpaired) electrons. The van der Waals surface area contributed by atoms with Gasteiger partial charge in [-0.15, -0.1) is 0 Å². The smallest absolute Gasteiger partial charge is 0.265 e. The first-order valence-corrected chi connectivity index (χ1v) is 10.00. The van der Waals surface area contributed by atoms with Gasteiger partial charge in [0.25, 0.3) is 5.91 Å². The van der Waals surface area contributed by atoms with E-state index in [0.29, 0.717) is 24.5 Å². The molecule has 24 heavy (non-hydrogen) atoms. The summed E-state index contributed by atoms with van der Waals surface area (Å²) in [5, 5.41) is 6.18. The first kappa shape index (κ1) is 18.7. The van der Waals surface area contributed by atoms with Gasteiger partial charge in [0, 0.05) is 13.1 Å². The molecule has 134 valence electrons. The fourth-order valence-electron chi connectivity index (χ4n) is 2.41. The van der Waals surface area contributed by atoms with Gasteiger partial charge in [-0.05, 0) is 44.0 Å². The maximum absolute atomic E-state index is 11.6. The van der Waals surface area contributed by atoms with Gasteiger partial charge >= 0.3 is 0 Å². The zero-order chi connectivity index (χ0) is 17.6. The Morgan fingerprint density at radius 1 is 1.21 bits per heavy atom. The number of unbranched alkanes of at least 4 members (excludes halogenated alkanes) is 2. The second-order valence-corrected chi connectivity index (χ2v) is 7.82. The quantitative estimate of drug-likeness (QED) is 0.579. The average molecular weight is 355 g/mol. The number of hydrogen-bond acceptors (Lipinski definition) is 5. The van der Waals surface area contributed by atoms with Crippen molar-refractivity contribution in [3.05, 3.63) is 23.8 Å². The van der Waals surface area contributed by atoms with Gasteiger partial charge in [0.15, 0.2) is 6.10 Å². The Balaban J connectivity index is 1.65. The average Bonchev–Trinajstić information content (AvgIpc) is 2.50. The van der Waals surface area contributed by atoms with Crippen LogP contribution in [0.1, 0.15) is 31.7 Å². The molecule has 1 aliphatic rings. The number of carbonyl (C=O) groups is 1. The number of amides is 1. The topological polar surface area (TPSA) is 96.5 Å². The molecule has 1 aromatic rings. The standard InChI is InChI=1S/C16H25N3O4S/c1-12-16(20)19-14-10-13(6-7-15(14)23-12)11-17-8-4-3-5-9-18-24(2,21)22/h6-7,10,12,17-18H,3-5,8-9,11H2,1-2H3,(H,19,20). The van der Waals surface area contributed by atoms with Gasteiger partial charge in [-0.1, -0.05) is 12.5 Å². The zero-order valence-electron chi connectivity index (χ0n) is 14.1. The molecule has 1 aliphatic heterocycles. The minimum absolute atomic E-state index is 0.129. The molecule has 1 aromatic carbocycles. The Morgan fingerprint density at radius 3 is 2.71 bits per heavy atom. The SMILES string of the molecule is CC1Oc2ccc(CNCCCCCNS(C)(=O)=O)cc2NC1=O. The lowest BCUT2D eigenvalue weighted by atomic mass is 10.1. The van der Waals surface area contributed by atoms with E-state index in [9.17, 15) is 13.2 Å². The summed E-state index contributed by atoms with van der Waals surface area (Å²) >= 11 is 0. The molecular weight excluding hydrogens is 330 g/mol. The molecule has 1 unspecified atom stereocenters. The molecule has 0 aromatic heterocycles. The first-order valence-electron chi connectivity index (χ1n) is 8.11. The molecule has 0 saturated heterocycles. The predicted octanol–water partition coefficient (Wildman–Crippen LogP) is 1.22. The molecule has 1 heterocycles. The minimum atomic E-state index is -3.08. The number of sulfonamides is 1. The number of anilines is 1. The van der Waals surface area contributed by atoms with Crippen molar-refractivity contribution in [3.8, 4) is 5.75 Å². The Labute approximate surface area is 143 Å². The van der Waals surface area contributed by atoms with Crippen molar-refractivity contribution in [1.82, 2.24) is 10.0 Å². The minimum Gasteiger partial charge on any atom is -0.479 e. The predicted molar refractivity (Wildman–Crippen MR) is 93.6 cm³/mol. The van der Waals surface area contributed by atoms with Crippen LogP contribution >= 0.6 is 0 Å². The highest BCUT2D eigenvalue weighted by Crippen LogP contribution is 2.30. The van der Waals surface area contributed by atoms with Crippen LogP contribution in [0.15, 0.2) is 18.2 Å². The largest absolute Gasteiger partial charge is 0.479 e. The Hall–Kier alpha value is -1.64. The fraction of sp³-hybridized carbons (Fsp3) is 0.562. The van der Waals surface area contributed by atoms with Gasteiger partial charge in [-0.3, -0.25) is 4.79 Å². The monoisotopic (exact) mass is 355 g/mol. The molecule has 7 nitrogen and oxygen atoms in total. The van der Waals surface area contributed by atoms with Crippen LogP contribution in [0.3, 0.4) is 0 Å². The van der Waals surface area contributed by atoms with Crippen LogP contribution in [0.4, 0.5) is 5.69 Å². The maximum Gasteiger partial charge on any atom is 0.265 e. The molecular formula is C16H25N3O4S. The maximum atomic E-state index is 11.6. The first-order chi connectivity index (χ1) is 11.3. The van der Waals surface area contributed by atoms with Crippen LogP contribution in [0.5, 0.6) is 5.75 Å². The lowest BCUT2D eigenvalue weighted by Gasteiger charge is -2.23. The van der Waals surface area contributed by atoms with Crippen LogP contribution in [-0.4, -0.2) is 39.8 Å². The van der Waals surface area contributed by atoms with Gasteiger partial charge in [0.05, 0.1) is 11.9 Å². The second-order valence-electron chi connectivity index (χ2n) is 5.98. The number of ether oxygens (including phenoxy) is 1. The normalized spacial score (nSPS) is 17.1. The van der Waals surface area contributed by atoms with E-state index in [4.69, 9.17) is 4.74 Å². The van der Waals surface area contributed by atoms with E-state index < -0.39 is 16.1 Å². The van der Waals surface area contributed by atoms with Crippen molar-refractivity contribution >= 4 is 21.6 Å². The van der Waals surface area contributed by atoms with Crippen molar-refractivity contribution in [2.45, 2.75) is 38.8 Å². The van der Waals surface area contributed by atoms with Crippen molar-refractivity contribution in [2.75, 3.05) is 24.7 Å². The second kappa shape index (κ2) is 8.46. The van der Waals surface area contributed by atoms with E-state index in [-0.39, 0.29) is 5.91 Å². The van der Waals surface area contributed by atoms with Crippen LogP contribution in [0.25, 0.3) is 0 Å². The van der Waals surface area contributed by atoms with Crippen LogP contribution in [0, 0.1) is 0 Å². The van der Waals surface area contributed by atoms with Crippen molar-refractivity contribution in [1.29, 1.82) is 0 Å². The zero-order valence-corrected chi connectivity index (χ0v) is 14.9. The molecule has 0 aliphatic carbocycles. The molecule has 0 spiro atoms. The molecule has 2 rings (SSSR count). The molecule has 0 fully saturated rings. The molecule has 3 N–H and O–H groups in total. The molecule has 0 saturated carbocycles. The fourth-order valence-corrected chi connectivity index (χ4v) is 2.92. The summed E-state index contributed by atoms with van der Waals surface area (Å²) in [5.74, 6) is 0.569. The number of fused-ring (bicyclic) bond motifs is 1. The number of benzene rings is 1.